The summed E-state index contributed by atoms with van der Waals surface area (Å²) in [7, 11) is 0. The van der Waals surface area contributed by atoms with Crippen molar-refractivity contribution in [3.63, 3.8) is 0 Å². The van der Waals surface area contributed by atoms with Crippen molar-refractivity contribution < 1.29 is 4.42 Å². The van der Waals surface area contributed by atoms with Crippen molar-refractivity contribution in [2.24, 2.45) is 0 Å². The normalized spacial score (nSPS) is 12.7. The van der Waals surface area contributed by atoms with Crippen LogP contribution in [0.1, 0.15) is 23.2 Å². The van der Waals surface area contributed by atoms with E-state index in [9.17, 15) is 0 Å². The minimum Gasteiger partial charge on any atom is -0.406 e. The topological polar surface area (TPSA) is 63.8 Å². The monoisotopic (exact) mass is 244 g/mol. The van der Waals surface area contributed by atoms with Gasteiger partial charge in [0.1, 0.15) is 10.4 Å². The molecule has 2 aromatic rings. The van der Waals surface area contributed by atoms with Gasteiger partial charge in [0.2, 0.25) is 5.89 Å². The molecule has 0 amide bonds. The molecule has 0 bridgehead atoms. The smallest absolute Gasteiger partial charge is 0.315 e. The lowest BCUT2D eigenvalue weighted by Gasteiger charge is -1.96. The van der Waals surface area contributed by atoms with Gasteiger partial charge in [-0.2, -0.15) is 0 Å². The first-order valence-corrected chi connectivity index (χ1v) is 5.67. The number of alkyl halides is 1. The molecule has 0 aliphatic carbocycles. The van der Waals surface area contributed by atoms with E-state index in [0.717, 1.165) is 5.01 Å². The Kier molecular flexibility index (Phi) is 3.17. The van der Waals surface area contributed by atoms with Gasteiger partial charge in [0.05, 0.1) is 6.54 Å². The lowest BCUT2D eigenvalue weighted by molar-refractivity contribution is 0.505. The SMILES string of the molecule is CC(Cl)c1nnc(NCc2nccs2)o1. The van der Waals surface area contributed by atoms with E-state index in [1.165, 1.54) is 0 Å². The lowest BCUT2D eigenvalue weighted by atomic mass is 10.5. The van der Waals surface area contributed by atoms with E-state index in [2.05, 4.69) is 20.5 Å². The van der Waals surface area contributed by atoms with Gasteiger partial charge in [0.15, 0.2) is 0 Å². The second-order valence-electron chi connectivity index (χ2n) is 2.84. The number of aromatic nitrogens is 3. The number of nitrogens with one attached hydrogen (secondary N) is 1. The summed E-state index contributed by atoms with van der Waals surface area (Å²) in [4.78, 5) is 4.11. The van der Waals surface area contributed by atoms with Gasteiger partial charge in [-0.05, 0) is 6.92 Å². The Hall–Kier alpha value is -1.14. The summed E-state index contributed by atoms with van der Waals surface area (Å²) in [5.74, 6) is 0.415. The molecular weight excluding hydrogens is 236 g/mol. The third kappa shape index (κ3) is 2.66. The van der Waals surface area contributed by atoms with Crippen LogP contribution in [0.4, 0.5) is 6.01 Å². The molecule has 0 saturated heterocycles. The Bertz CT molecular complexity index is 414. The fraction of sp³-hybridized carbons (Fsp3) is 0.375. The Balaban J connectivity index is 1.94. The highest BCUT2D eigenvalue weighted by Gasteiger charge is 2.10. The van der Waals surface area contributed by atoms with Crippen LogP contribution >= 0.6 is 22.9 Å². The summed E-state index contributed by atoms with van der Waals surface area (Å²) < 4.78 is 5.25. The Morgan fingerprint density at radius 1 is 1.60 bits per heavy atom. The fourth-order valence-electron chi connectivity index (χ4n) is 0.958. The highest BCUT2D eigenvalue weighted by atomic mass is 35.5. The van der Waals surface area contributed by atoms with Crippen molar-refractivity contribution in [1.82, 2.24) is 15.2 Å². The molecule has 80 valence electrons. The molecule has 0 fully saturated rings. The van der Waals surface area contributed by atoms with E-state index >= 15 is 0 Å². The molecule has 1 atom stereocenters. The minimum absolute atomic E-state index is 0.270. The fourth-order valence-corrected chi connectivity index (χ4v) is 1.60. The van der Waals surface area contributed by atoms with E-state index in [1.807, 2.05) is 5.38 Å². The van der Waals surface area contributed by atoms with Crippen LogP contribution in [0.5, 0.6) is 0 Å². The molecule has 0 radical (unpaired) electrons. The van der Waals surface area contributed by atoms with Crippen molar-refractivity contribution in [2.45, 2.75) is 18.8 Å². The molecule has 2 rings (SSSR count). The maximum atomic E-state index is 5.78. The van der Waals surface area contributed by atoms with E-state index in [0.29, 0.717) is 18.5 Å². The van der Waals surface area contributed by atoms with Crippen LogP contribution in [0.2, 0.25) is 0 Å². The first-order valence-electron chi connectivity index (χ1n) is 4.35. The van der Waals surface area contributed by atoms with Crippen LogP contribution in [0, 0.1) is 0 Å². The summed E-state index contributed by atoms with van der Waals surface area (Å²) in [6.07, 6.45) is 1.75. The van der Waals surface area contributed by atoms with Gasteiger partial charge in [-0.3, -0.25) is 0 Å². The molecule has 7 heteroatoms. The van der Waals surface area contributed by atoms with Crippen molar-refractivity contribution in [3.8, 4) is 0 Å². The zero-order valence-corrected chi connectivity index (χ0v) is 9.55. The van der Waals surface area contributed by atoms with Gasteiger partial charge in [-0.15, -0.1) is 28.0 Å². The van der Waals surface area contributed by atoms with Gasteiger partial charge < -0.3 is 9.73 Å². The predicted octanol–water partition coefficient (Wildman–Crippen LogP) is 2.44. The third-order valence-corrected chi connectivity index (χ3v) is 2.62. The average Bonchev–Trinajstić information content (AvgIpc) is 2.86. The molecule has 5 nitrogen and oxygen atoms in total. The summed E-state index contributed by atoms with van der Waals surface area (Å²) >= 11 is 7.35. The summed E-state index contributed by atoms with van der Waals surface area (Å²) in [6, 6.07) is 0.368. The zero-order valence-electron chi connectivity index (χ0n) is 7.98. The lowest BCUT2D eigenvalue weighted by Crippen LogP contribution is -1.98. The number of halogens is 1. The van der Waals surface area contributed by atoms with Crippen LogP contribution in [-0.2, 0) is 6.54 Å². The highest BCUT2D eigenvalue weighted by Crippen LogP contribution is 2.19. The maximum absolute atomic E-state index is 5.78. The molecule has 1 unspecified atom stereocenters. The van der Waals surface area contributed by atoms with Crippen LogP contribution in [0.3, 0.4) is 0 Å². The Morgan fingerprint density at radius 3 is 3.07 bits per heavy atom. The molecule has 0 aliphatic rings. The molecule has 15 heavy (non-hydrogen) atoms. The van der Waals surface area contributed by atoms with E-state index in [1.54, 1.807) is 24.5 Å². The molecule has 2 heterocycles. The first-order chi connectivity index (χ1) is 7.25. The summed E-state index contributed by atoms with van der Waals surface area (Å²) in [6.45, 7) is 2.36. The number of anilines is 1. The number of hydrogen-bond acceptors (Lipinski definition) is 6. The van der Waals surface area contributed by atoms with E-state index < -0.39 is 0 Å². The number of thiazole rings is 1. The van der Waals surface area contributed by atoms with Crippen LogP contribution < -0.4 is 5.32 Å². The third-order valence-electron chi connectivity index (χ3n) is 1.66. The molecular formula is C8H9ClN4OS. The van der Waals surface area contributed by atoms with Gasteiger partial charge in [0.25, 0.3) is 0 Å². The molecule has 2 aromatic heterocycles. The number of nitrogens with zero attached hydrogens (tertiary/aromatic N) is 3. The number of hydrogen-bond donors (Lipinski definition) is 1. The van der Waals surface area contributed by atoms with E-state index in [-0.39, 0.29) is 5.38 Å². The van der Waals surface area contributed by atoms with Crippen LogP contribution in [0.15, 0.2) is 16.0 Å². The van der Waals surface area contributed by atoms with Crippen molar-refractivity contribution >= 4 is 29.0 Å². The van der Waals surface area contributed by atoms with Gasteiger partial charge in [-0.25, -0.2) is 4.98 Å². The molecule has 0 aliphatic heterocycles. The standard InChI is InChI=1S/C8H9ClN4OS/c1-5(9)7-12-13-8(14-7)11-4-6-10-2-3-15-6/h2-3,5H,4H2,1H3,(H,11,13). The van der Waals surface area contributed by atoms with Crippen molar-refractivity contribution in [3.05, 3.63) is 22.5 Å². The second-order valence-corrected chi connectivity index (χ2v) is 4.47. The minimum atomic E-state index is -0.270. The van der Waals surface area contributed by atoms with E-state index in [4.69, 9.17) is 16.0 Å². The zero-order chi connectivity index (χ0) is 10.7. The van der Waals surface area contributed by atoms with Crippen LogP contribution in [0.25, 0.3) is 0 Å². The summed E-state index contributed by atoms with van der Waals surface area (Å²) in [5.41, 5.74) is 0. The van der Waals surface area contributed by atoms with Crippen molar-refractivity contribution in [2.75, 3.05) is 5.32 Å². The molecule has 0 saturated carbocycles. The van der Waals surface area contributed by atoms with Crippen LogP contribution in [-0.4, -0.2) is 15.2 Å². The van der Waals surface area contributed by atoms with Gasteiger partial charge in [0, 0.05) is 11.6 Å². The van der Waals surface area contributed by atoms with Crippen molar-refractivity contribution in [1.29, 1.82) is 0 Å². The quantitative estimate of drug-likeness (QED) is 0.837. The Labute approximate surface area is 95.5 Å². The summed E-state index contributed by atoms with van der Waals surface area (Å²) in [5, 5.41) is 13.2. The van der Waals surface area contributed by atoms with Gasteiger partial charge in [-0.1, -0.05) is 5.10 Å². The molecule has 0 spiro atoms. The second kappa shape index (κ2) is 4.59. The predicted molar refractivity (Wildman–Crippen MR) is 58.0 cm³/mol. The average molecular weight is 245 g/mol. The first kappa shape index (κ1) is 10.4. The van der Waals surface area contributed by atoms with Gasteiger partial charge >= 0.3 is 6.01 Å². The highest BCUT2D eigenvalue weighted by molar-refractivity contribution is 7.09. The maximum Gasteiger partial charge on any atom is 0.315 e. The largest absolute Gasteiger partial charge is 0.406 e. The number of rotatable bonds is 4. The Morgan fingerprint density at radius 2 is 2.47 bits per heavy atom. The molecule has 1 N–H and O–H groups in total. The molecule has 0 aromatic carbocycles.